The number of nitrogens with one attached hydrogen (secondary N) is 1. The second-order valence-electron chi connectivity index (χ2n) is 7.96. The quantitative estimate of drug-likeness (QED) is 0.612. The summed E-state index contributed by atoms with van der Waals surface area (Å²) in [6.45, 7) is 5.95. The number of H-pyrrole nitrogens is 1. The monoisotopic (exact) mass is 421 g/mol. The van der Waals surface area contributed by atoms with Crippen LogP contribution in [0.3, 0.4) is 0 Å². The Morgan fingerprint density at radius 3 is 2.71 bits per heavy atom. The zero-order valence-corrected chi connectivity index (χ0v) is 18.0. The molecule has 0 bridgehead atoms. The van der Waals surface area contributed by atoms with Gasteiger partial charge in [0.15, 0.2) is 0 Å². The predicted octanol–water partition coefficient (Wildman–Crippen LogP) is 4.02. The summed E-state index contributed by atoms with van der Waals surface area (Å²) in [5.41, 5.74) is 4.06. The van der Waals surface area contributed by atoms with Crippen LogP contribution in [-0.2, 0) is 11.2 Å². The summed E-state index contributed by atoms with van der Waals surface area (Å²) in [6, 6.07) is 12.7. The Kier molecular flexibility index (Phi) is 6.37. The first-order chi connectivity index (χ1) is 15.0. The van der Waals surface area contributed by atoms with Crippen molar-refractivity contribution in [2.24, 2.45) is 0 Å². The molecule has 1 aliphatic rings. The topological polar surface area (TPSA) is 48.6 Å². The third-order valence-electron chi connectivity index (χ3n) is 5.93. The number of benzene rings is 2. The summed E-state index contributed by atoms with van der Waals surface area (Å²) < 4.78 is 18.7. The molecule has 2 aromatic carbocycles. The molecule has 162 valence electrons. The molecule has 0 radical (unpaired) electrons. The van der Waals surface area contributed by atoms with Gasteiger partial charge >= 0.3 is 0 Å². The van der Waals surface area contributed by atoms with Gasteiger partial charge in [-0.25, -0.2) is 4.39 Å². The molecule has 3 aromatic rings. The van der Waals surface area contributed by atoms with Gasteiger partial charge in [-0.2, -0.15) is 0 Å². The molecule has 4 rings (SSSR count). The highest BCUT2D eigenvalue weighted by molar-refractivity contribution is 5.97. The highest BCUT2D eigenvalue weighted by Crippen LogP contribution is 2.27. The van der Waals surface area contributed by atoms with Crippen LogP contribution in [0.25, 0.3) is 17.0 Å². The molecule has 1 saturated heterocycles. The molecule has 0 spiro atoms. The number of aromatic nitrogens is 1. The summed E-state index contributed by atoms with van der Waals surface area (Å²) in [5.74, 6) is 0.631. The van der Waals surface area contributed by atoms with Gasteiger partial charge in [0.1, 0.15) is 11.6 Å². The lowest BCUT2D eigenvalue weighted by molar-refractivity contribution is -0.127. The third-order valence-corrected chi connectivity index (χ3v) is 5.93. The minimum Gasteiger partial charge on any atom is -0.497 e. The SMILES string of the molecule is COc1ccc2[nH]c(C)c(/C=C/C(=O)N3CCN(CCc4cccc(F)c4)CC3)c2c1. The molecule has 31 heavy (non-hydrogen) atoms. The second kappa shape index (κ2) is 9.35. The first kappa shape index (κ1) is 21.1. The van der Waals surface area contributed by atoms with Crippen molar-refractivity contribution in [1.82, 2.24) is 14.8 Å². The van der Waals surface area contributed by atoms with Gasteiger partial charge in [-0.15, -0.1) is 0 Å². The molecule has 1 amide bonds. The average Bonchev–Trinajstić information content (AvgIpc) is 3.10. The zero-order valence-electron chi connectivity index (χ0n) is 18.0. The van der Waals surface area contributed by atoms with Crippen molar-refractivity contribution in [3.63, 3.8) is 0 Å². The van der Waals surface area contributed by atoms with E-state index in [-0.39, 0.29) is 11.7 Å². The lowest BCUT2D eigenvalue weighted by atomic mass is 10.1. The highest BCUT2D eigenvalue weighted by Gasteiger charge is 2.19. The van der Waals surface area contributed by atoms with E-state index in [1.54, 1.807) is 25.3 Å². The van der Waals surface area contributed by atoms with Crippen molar-refractivity contribution in [2.45, 2.75) is 13.3 Å². The van der Waals surface area contributed by atoms with E-state index in [9.17, 15) is 9.18 Å². The third kappa shape index (κ3) is 4.97. The number of ether oxygens (including phenoxy) is 1. The first-order valence-electron chi connectivity index (χ1n) is 10.6. The fourth-order valence-electron chi connectivity index (χ4n) is 4.10. The molecule has 5 nitrogen and oxygen atoms in total. The second-order valence-corrected chi connectivity index (χ2v) is 7.96. The van der Waals surface area contributed by atoms with E-state index in [1.165, 1.54) is 6.07 Å². The van der Waals surface area contributed by atoms with Crippen molar-refractivity contribution >= 4 is 22.9 Å². The van der Waals surface area contributed by atoms with Gasteiger partial charge in [-0.3, -0.25) is 9.69 Å². The van der Waals surface area contributed by atoms with E-state index < -0.39 is 0 Å². The van der Waals surface area contributed by atoms with E-state index >= 15 is 0 Å². The Hall–Kier alpha value is -3.12. The van der Waals surface area contributed by atoms with Gasteiger partial charge in [0.2, 0.25) is 5.91 Å². The van der Waals surface area contributed by atoms with Gasteiger partial charge in [-0.1, -0.05) is 12.1 Å². The Labute approximate surface area is 182 Å². The van der Waals surface area contributed by atoms with Crippen molar-refractivity contribution in [1.29, 1.82) is 0 Å². The van der Waals surface area contributed by atoms with Crippen LogP contribution in [0.15, 0.2) is 48.5 Å². The Morgan fingerprint density at radius 1 is 1.16 bits per heavy atom. The van der Waals surface area contributed by atoms with Crippen molar-refractivity contribution in [3.8, 4) is 5.75 Å². The number of carbonyl (C=O) groups is 1. The minimum atomic E-state index is -0.191. The fraction of sp³-hybridized carbons (Fsp3) is 0.320. The summed E-state index contributed by atoms with van der Waals surface area (Å²) in [5, 5.41) is 1.04. The number of amides is 1. The number of methoxy groups -OCH3 is 1. The van der Waals surface area contributed by atoms with Crippen LogP contribution < -0.4 is 4.74 Å². The number of hydrogen-bond donors (Lipinski definition) is 1. The molecular formula is C25H28FN3O2. The van der Waals surface area contributed by atoms with Crippen LogP contribution in [0, 0.1) is 12.7 Å². The summed E-state index contributed by atoms with van der Waals surface area (Å²) in [4.78, 5) is 20.3. The molecular weight excluding hydrogens is 393 g/mol. The number of aromatic amines is 1. The molecule has 0 atom stereocenters. The molecule has 1 aliphatic heterocycles. The van der Waals surface area contributed by atoms with Gasteiger partial charge in [0, 0.05) is 61.0 Å². The highest BCUT2D eigenvalue weighted by atomic mass is 19.1. The van der Waals surface area contributed by atoms with Crippen molar-refractivity contribution in [2.75, 3.05) is 39.8 Å². The Morgan fingerprint density at radius 2 is 1.97 bits per heavy atom. The number of fused-ring (bicyclic) bond motifs is 1. The number of nitrogens with zero attached hydrogens (tertiary/aromatic N) is 2. The van der Waals surface area contributed by atoms with Crippen LogP contribution in [-0.4, -0.2) is 60.5 Å². The van der Waals surface area contributed by atoms with Gasteiger partial charge < -0.3 is 14.6 Å². The maximum atomic E-state index is 13.3. The summed E-state index contributed by atoms with van der Waals surface area (Å²) in [7, 11) is 1.65. The largest absolute Gasteiger partial charge is 0.497 e. The molecule has 1 N–H and O–H groups in total. The van der Waals surface area contributed by atoms with Gasteiger partial charge in [0.25, 0.3) is 0 Å². The molecule has 0 aliphatic carbocycles. The first-order valence-corrected chi connectivity index (χ1v) is 10.6. The summed E-state index contributed by atoms with van der Waals surface area (Å²) >= 11 is 0. The van der Waals surface area contributed by atoms with Gasteiger partial charge in [0.05, 0.1) is 7.11 Å². The fourth-order valence-corrected chi connectivity index (χ4v) is 4.10. The molecule has 0 unspecified atom stereocenters. The van der Waals surface area contributed by atoms with Gasteiger partial charge in [-0.05, 0) is 55.3 Å². The Balaban J connectivity index is 1.33. The van der Waals surface area contributed by atoms with Crippen LogP contribution in [0.2, 0.25) is 0 Å². The molecule has 0 saturated carbocycles. The maximum Gasteiger partial charge on any atom is 0.246 e. The van der Waals surface area contributed by atoms with Crippen LogP contribution in [0.4, 0.5) is 4.39 Å². The number of halogens is 1. The van der Waals surface area contributed by atoms with Crippen molar-refractivity contribution in [3.05, 3.63) is 71.2 Å². The predicted molar refractivity (Wildman–Crippen MR) is 122 cm³/mol. The number of aryl methyl sites for hydroxylation is 1. The number of rotatable bonds is 6. The average molecular weight is 422 g/mol. The van der Waals surface area contributed by atoms with Crippen LogP contribution >= 0.6 is 0 Å². The standard InChI is InChI=1S/C25H28FN3O2/c1-18-22(23-17-21(31-2)6-8-24(23)27-18)7-9-25(30)29-14-12-28(13-15-29)11-10-19-4-3-5-20(26)16-19/h3-9,16-17,27H,10-15H2,1-2H3/b9-7+. The number of hydrogen-bond acceptors (Lipinski definition) is 3. The van der Waals surface area contributed by atoms with E-state index in [2.05, 4.69) is 9.88 Å². The van der Waals surface area contributed by atoms with E-state index in [0.717, 1.165) is 59.5 Å². The van der Waals surface area contributed by atoms with Crippen molar-refractivity contribution < 1.29 is 13.9 Å². The smallest absolute Gasteiger partial charge is 0.246 e. The maximum absolute atomic E-state index is 13.3. The molecule has 6 heteroatoms. The van der Waals surface area contributed by atoms with E-state index in [1.807, 2.05) is 42.2 Å². The molecule has 2 heterocycles. The molecule has 1 fully saturated rings. The normalized spacial score (nSPS) is 15.1. The minimum absolute atomic E-state index is 0.0291. The summed E-state index contributed by atoms with van der Waals surface area (Å²) in [6.07, 6.45) is 4.37. The Bertz CT molecular complexity index is 1100. The number of piperazine rings is 1. The molecule has 1 aromatic heterocycles. The van der Waals surface area contributed by atoms with E-state index in [4.69, 9.17) is 4.74 Å². The van der Waals surface area contributed by atoms with E-state index in [0.29, 0.717) is 13.1 Å². The zero-order chi connectivity index (χ0) is 21.8. The lowest BCUT2D eigenvalue weighted by Gasteiger charge is -2.34. The number of carbonyl (C=O) groups excluding carboxylic acids is 1. The van der Waals surface area contributed by atoms with Crippen LogP contribution in [0.5, 0.6) is 5.75 Å². The lowest BCUT2D eigenvalue weighted by Crippen LogP contribution is -2.48. The van der Waals surface area contributed by atoms with Crippen LogP contribution in [0.1, 0.15) is 16.8 Å².